The van der Waals surface area contributed by atoms with Crippen LogP contribution in [-0.2, 0) is 11.2 Å². The minimum atomic E-state index is -1.17. The maximum absolute atomic E-state index is 13.8. The summed E-state index contributed by atoms with van der Waals surface area (Å²) in [6.07, 6.45) is -2.14. The molecule has 1 heterocycles. The van der Waals surface area contributed by atoms with Crippen LogP contribution in [0.4, 0.5) is 4.39 Å². The number of aliphatic hydroxyl groups excluding tert-OH is 2. The number of aliphatic carboxylic acids is 1. The van der Waals surface area contributed by atoms with Gasteiger partial charge in [-0.05, 0) is 61.9 Å². The van der Waals surface area contributed by atoms with E-state index in [9.17, 15) is 24.2 Å². The van der Waals surface area contributed by atoms with Gasteiger partial charge in [-0.25, -0.2) is 9.07 Å². The first kappa shape index (κ1) is 32.7. The van der Waals surface area contributed by atoms with Crippen molar-refractivity contribution in [2.75, 3.05) is 7.05 Å². The summed E-state index contributed by atoms with van der Waals surface area (Å²) >= 11 is 0. The number of amides is 1. The monoisotopic (exact) mass is 549 g/mol. The van der Waals surface area contributed by atoms with Gasteiger partial charge in [-0.1, -0.05) is 44.2 Å². The second-order valence-corrected chi connectivity index (χ2v) is 9.93. The first-order valence-electron chi connectivity index (χ1n) is 12.8. The first-order chi connectivity index (χ1) is 18.0. The van der Waals surface area contributed by atoms with Gasteiger partial charge in [-0.2, -0.15) is 5.10 Å². The molecule has 206 valence electrons. The molecule has 0 fully saturated rings. The Hall–Kier alpha value is -2.56. The summed E-state index contributed by atoms with van der Waals surface area (Å²) < 4.78 is 15.3. The van der Waals surface area contributed by atoms with Crippen molar-refractivity contribution in [2.24, 2.45) is 0 Å². The van der Waals surface area contributed by atoms with Gasteiger partial charge in [-0.3, -0.25) is 9.59 Å². The molecule has 1 amide bonds. The predicted octanol–water partition coefficient (Wildman–Crippen LogP) is 3.84. The van der Waals surface area contributed by atoms with Gasteiger partial charge in [0, 0.05) is 18.3 Å². The topological polar surface area (TPSA) is 116 Å². The van der Waals surface area contributed by atoms with Crippen LogP contribution in [0.5, 0.6) is 0 Å². The SMILES string of the molecule is CC(C)c1c(C(=O)N(C)[C@H](C)c2ccccc2)nn(-c2ccc(F)cc2)c1CC[C@@H](O)C[C@@H](O)CC(=O)O.[NaH]. The van der Waals surface area contributed by atoms with E-state index < -0.39 is 30.4 Å². The van der Waals surface area contributed by atoms with Crippen LogP contribution in [0.1, 0.15) is 79.3 Å². The molecular formula is C29H37FN3NaO5. The Morgan fingerprint density at radius 1 is 1.00 bits per heavy atom. The van der Waals surface area contributed by atoms with Crippen molar-refractivity contribution in [3.8, 4) is 5.69 Å². The fraction of sp³-hybridized carbons (Fsp3) is 0.414. The molecule has 0 unspecified atom stereocenters. The van der Waals surface area contributed by atoms with E-state index in [4.69, 9.17) is 10.2 Å². The summed E-state index contributed by atoms with van der Waals surface area (Å²) in [4.78, 5) is 26.3. The van der Waals surface area contributed by atoms with Gasteiger partial charge in [0.25, 0.3) is 5.91 Å². The van der Waals surface area contributed by atoms with E-state index in [1.165, 1.54) is 12.1 Å². The Kier molecular flexibility index (Phi) is 12.3. The number of aromatic nitrogens is 2. The van der Waals surface area contributed by atoms with Gasteiger partial charge in [0.2, 0.25) is 0 Å². The molecule has 0 saturated carbocycles. The average Bonchev–Trinajstić information content (AvgIpc) is 3.26. The molecule has 39 heavy (non-hydrogen) atoms. The van der Waals surface area contributed by atoms with Crippen LogP contribution < -0.4 is 0 Å². The molecule has 3 rings (SSSR count). The van der Waals surface area contributed by atoms with Crippen molar-refractivity contribution < 1.29 is 29.3 Å². The molecule has 3 N–H and O–H groups in total. The number of carboxylic acid groups (broad SMARTS) is 1. The molecule has 3 aromatic rings. The van der Waals surface area contributed by atoms with Crippen molar-refractivity contribution in [3.63, 3.8) is 0 Å². The van der Waals surface area contributed by atoms with Gasteiger partial charge in [0.15, 0.2) is 5.69 Å². The van der Waals surface area contributed by atoms with Crippen LogP contribution in [0.3, 0.4) is 0 Å². The second kappa shape index (κ2) is 14.7. The standard InChI is InChI=1S/C29H36FN3O5.Na.H/c1-18(2)27-25(15-14-23(34)16-24(35)17-26(36)37)33(22-12-10-21(30)11-13-22)31-28(27)29(38)32(4)19(3)20-8-6-5-7-9-20;;/h5-13,18-19,23-24,34-35H,14-17H2,1-4H3,(H,36,37);;/t19-,23-,24-;;/m1../s1. The fourth-order valence-electron chi connectivity index (χ4n) is 4.58. The molecule has 0 radical (unpaired) electrons. The molecule has 1 aromatic heterocycles. The molecule has 8 nitrogen and oxygen atoms in total. The number of aliphatic hydroxyl groups is 2. The summed E-state index contributed by atoms with van der Waals surface area (Å²) in [7, 11) is 1.73. The third-order valence-corrected chi connectivity index (χ3v) is 6.72. The zero-order valence-electron chi connectivity index (χ0n) is 22.2. The summed E-state index contributed by atoms with van der Waals surface area (Å²) in [5, 5.41) is 34.0. The van der Waals surface area contributed by atoms with E-state index in [0.29, 0.717) is 17.8 Å². The molecule has 2 aromatic carbocycles. The van der Waals surface area contributed by atoms with Crippen LogP contribution in [0.15, 0.2) is 54.6 Å². The number of carbonyl (C=O) groups is 2. The van der Waals surface area contributed by atoms with E-state index in [1.54, 1.807) is 28.8 Å². The van der Waals surface area contributed by atoms with Crippen LogP contribution in [-0.4, -0.2) is 90.7 Å². The van der Waals surface area contributed by atoms with Gasteiger partial charge < -0.3 is 20.2 Å². The number of carboxylic acids is 1. The number of hydrogen-bond donors (Lipinski definition) is 3. The third kappa shape index (κ3) is 8.46. The van der Waals surface area contributed by atoms with Crippen molar-refractivity contribution in [3.05, 3.63) is 82.9 Å². The molecule has 3 atom stereocenters. The van der Waals surface area contributed by atoms with Crippen molar-refractivity contribution in [2.45, 2.75) is 70.6 Å². The van der Waals surface area contributed by atoms with Crippen LogP contribution in [0.2, 0.25) is 0 Å². The molecule has 0 spiro atoms. The van der Waals surface area contributed by atoms with Crippen molar-refractivity contribution >= 4 is 41.4 Å². The first-order valence-corrected chi connectivity index (χ1v) is 12.8. The molecule has 0 saturated heterocycles. The number of nitrogens with zero attached hydrogens (tertiary/aromatic N) is 3. The zero-order chi connectivity index (χ0) is 28.0. The molecule has 10 heteroatoms. The normalized spacial score (nSPS) is 13.4. The fourth-order valence-corrected chi connectivity index (χ4v) is 4.58. The summed E-state index contributed by atoms with van der Waals surface area (Å²) in [5.74, 6) is -1.89. The van der Waals surface area contributed by atoms with Crippen LogP contribution in [0.25, 0.3) is 5.69 Å². The summed E-state index contributed by atoms with van der Waals surface area (Å²) in [6.45, 7) is 5.86. The quantitative estimate of drug-likeness (QED) is 0.296. The number of carbonyl (C=O) groups excluding carboxylic acids is 1. The van der Waals surface area contributed by atoms with Gasteiger partial charge in [0.1, 0.15) is 5.82 Å². The minimum absolute atomic E-state index is 0. The molecule has 0 aliphatic carbocycles. The van der Waals surface area contributed by atoms with Crippen molar-refractivity contribution in [1.82, 2.24) is 14.7 Å². The van der Waals surface area contributed by atoms with E-state index in [1.807, 2.05) is 51.1 Å². The Bertz CT molecular complexity index is 1230. The average molecular weight is 550 g/mol. The Labute approximate surface area is 250 Å². The van der Waals surface area contributed by atoms with Crippen LogP contribution in [0, 0.1) is 5.82 Å². The number of hydrogen-bond acceptors (Lipinski definition) is 5. The molecule has 0 aliphatic rings. The van der Waals surface area contributed by atoms with Gasteiger partial charge in [-0.15, -0.1) is 0 Å². The van der Waals surface area contributed by atoms with E-state index in [0.717, 1.165) is 11.1 Å². The number of benzene rings is 2. The zero-order valence-corrected chi connectivity index (χ0v) is 22.2. The Morgan fingerprint density at radius 3 is 2.18 bits per heavy atom. The van der Waals surface area contributed by atoms with Gasteiger partial charge >= 0.3 is 35.5 Å². The summed E-state index contributed by atoms with van der Waals surface area (Å²) in [6, 6.07) is 15.3. The molecular weight excluding hydrogens is 512 g/mol. The Balaban J connectivity index is 0.00000533. The Morgan fingerprint density at radius 2 is 1.62 bits per heavy atom. The van der Waals surface area contributed by atoms with Crippen molar-refractivity contribution in [1.29, 1.82) is 0 Å². The van der Waals surface area contributed by atoms with Crippen LogP contribution >= 0.6 is 0 Å². The summed E-state index contributed by atoms with van der Waals surface area (Å²) in [5.41, 5.74) is 3.26. The molecule has 0 bridgehead atoms. The second-order valence-electron chi connectivity index (χ2n) is 9.93. The third-order valence-electron chi connectivity index (χ3n) is 6.72. The van der Waals surface area contributed by atoms with E-state index in [2.05, 4.69) is 0 Å². The van der Waals surface area contributed by atoms with E-state index in [-0.39, 0.29) is 66.0 Å². The number of rotatable bonds is 12. The molecule has 0 aliphatic heterocycles. The maximum atomic E-state index is 13.8. The van der Waals surface area contributed by atoms with E-state index >= 15 is 0 Å². The van der Waals surface area contributed by atoms with Gasteiger partial charge in [0.05, 0.1) is 30.4 Å². The predicted molar refractivity (Wildman–Crippen MR) is 149 cm³/mol. The number of halogens is 1.